The first-order valence-electron chi connectivity index (χ1n) is 5.62. The van der Waals surface area contributed by atoms with E-state index in [-0.39, 0.29) is 5.91 Å². The first-order chi connectivity index (χ1) is 7.63. The van der Waals surface area contributed by atoms with E-state index >= 15 is 0 Å². The predicted octanol–water partition coefficient (Wildman–Crippen LogP) is 3.60. The van der Waals surface area contributed by atoms with Crippen molar-refractivity contribution in [3.63, 3.8) is 0 Å². The summed E-state index contributed by atoms with van der Waals surface area (Å²) in [6.07, 6.45) is 2.70. The van der Waals surface area contributed by atoms with E-state index in [9.17, 15) is 4.79 Å². The topological polar surface area (TPSA) is 20.3 Å². The summed E-state index contributed by atoms with van der Waals surface area (Å²) in [6.45, 7) is 2.79. The molecule has 0 aliphatic carbocycles. The number of halogens is 1. The zero-order chi connectivity index (χ0) is 12.0. The van der Waals surface area contributed by atoms with Crippen molar-refractivity contribution in [3.05, 3.63) is 34.3 Å². The maximum absolute atomic E-state index is 11.7. The van der Waals surface area contributed by atoms with Gasteiger partial charge in [0.05, 0.1) is 0 Å². The average Bonchev–Trinajstić information content (AvgIpc) is 2.29. The summed E-state index contributed by atoms with van der Waals surface area (Å²) < 4.78 is 1.07. The molecule has 0 radical (unpaired) electrons. The molecule has 1 rings (SSSR count). The van der Waals surface area contributed by atoms with Crippen molar-refractivity contribution < 1.29 is 4.79 Å². The van der Waals surface area contributed by atoms with Crippen LogP contribution in [0.4, 0.5) is 0 Å². The van der Waals surface area contributed by atoms with E-state index in [1.165, 1.54) is 0 Å². The zero-order valence-corrected chi connectivity index (χ0v) is 11.5. The summed E-state index contributed by atoms with van der Waals surface area (Å²) >= 11 is 3.39. The third-order valence-corrected chi connectivity index (χ3v) is 3.03. The van der Waals surface area contributed by atoms with E-state index in [0.717, 1.165) is 22.9 Å². The average molecular weight is 284 g/mol. The van der Waals surface area contributed by atoms with Crippen molar-refractivity contribution in [2.24, 2.45) is 0 Å². The number of unbranched alkanes of at least 4 members (excludes halogenated alkanes) is 1. The molecule has 0 atom stereocenters. The van der Waals surface area contributed by atoms with E-state index in [4.69, 9.17) is 0 Å². The molecule has 1 aromatic carbocycles. The number of carbonyl (C=O) groups is 1. The minimum Gasteiger partial charge on any atom is -0.341 e. The second-order valence-corrected chi connectivity index (χ2v) is 4.90. The van der Waals surface area contributed by atoms with Crippen molar-refractivity contribution in [2.75, 3.05) is 7.05 Å². The molecule has 0 unspecified atom stereocenters. The molecule has 16 heavy (non-hydrogen) atoms. The Morgan fingerprint density at radius 3 is 2.50 bits per heavy atom. The van der Waals surface area contributed by atoms with Crippen molar-refractivity contribution >= 4 is 21.8 Å². The van der Waals surface area contributed by atoms with Gasteiger partial charge in [0, 0.05) is 24.5 Å². The highest BCUT2D eigenvalue weighted by Gasteiger charge is 2.07. The van der Waals surface area contributed by atoms with Crippen LogP contribution in [0.5, 0.6) is 0 Å². The van der Waals surface area contributed by atoms with Crippen molar-refractivity contribution in [1.82, 2.24) is 4.90 Å². The van der Waals surface area contributed by atoms with Crippen molar-refractivity contribution in [1.29, 1.82) is 0 Å². The third-order valence-electron chi connectivity index (χ3n) is 2.50. The van der Waals surface area contributed by atoms with Gasteiger partial charge in [0.15, 0.2) is 0 Å². The fraction of sp³-hybridized carbons (Fsp3) is 0.462. The summed E-state index contributed by atoms with van der Waals surface area (Å²) in [5, 5.41) is 0. The number of hydrogen-bond donors (Lipinski definition) is 0. The standard InChI is InChI=1S/C13H18BrNO/c1-3-4-5-13(16)15(2)10-11-6-8-12(14)9-7-11/h6-9H,3-5,10H2,1-2H3. The molecule has 0 fully saturated rings. The minimum atomic E-state index is 0.227. The first kappa shape index (κ1) is 13.2. The fourth-order valence-electron chi connectivity index (χ4n) is 1.47. The smallest absolute Gasteiger partial charge is 0.222 e. The molecule has 88 valence electrons. The molecule has 0 saturated carbocycles. The van der Waals surface area contributed by atoms with Crippen LogP contribution < -0.4 is 0 Å². The van der Waals surface area contributed by atoms with Gasteiger partial charge in [-0.05, 0) is 24.1 Å². The van der Waals surface area contributed by atoms with E-state index in [1.54, 1.807) is 4.90 Å². The molecular formula is C13H18BrNO. The Morgan fingerprint density at radius 2 is 1.94 bits per heavy atom. The van der Waals surface area contributed by atoms with E-state index in [1.807, 2.05) is 31.3 Å². The van der Waals surface area contributed by atoms with Gasteiger partial charge < -0.3 is 4.90 Å². The molecule has 0 N–H and O–H groups in total. The SMILES string of the molecule is CCCCC(=O)N(C)Cc1ccc(Br)cc1. The van der Waals surface area contributed by atoms with Crippen LogP contribution in [0.25, 0.3) is 0 Å². The van der Waals surface area contributed by atoms with Crippen LogP contribution in [0, 0.1) is 0 Å². The number of rotatable bonds is 5. The highest BCUT2D eigenvalue weighted by Crippen LogP contribution is 2.12. The molecule has 0 aliphatic heterocycles. The lowest BCUT2D eigenvalue weighted by Gasteiger charge is -2.17. The molecule has 0 spiro atoms. The van der Waals surface area contributed by atoms with Crippen LogP contribution >= 0.6 is 15.9 Å². The summed E-state index contributed by atoms with van der Waals surface area (Å²) in [5.74, 6) is 0.227. The van der Waals surface area contributed by atoms with Gasteiger partial charge in [0.2, 0.25) is 5.91 Å². The Labute approximate surface area is 106 Å². The highest BCUT2D eigenvalue weighted by atomic mass is 79.9. The Balaban J connectivity index is 2.47. The number of hydrogen-bond acceptors (Lipinski definition) is 1. The lowest BCUT2D eigenvalue weighted by Crippen LogP contribution is -2.25. The molecule has 0 aromatic heterocycles. The van der Waals surface area contributed by atoms with E-state index in [0.29, 0.717) is 13.0 Å². The molecule has 3 heteroatoms. The van der Waals surface area contributed by atoms with Crippen molar-refractivity contribution in [2.45, 2.75) is 32.7 Å². The minimum absolute atomic E-state index is 0.227. The van der Waals surface area contributed by atoms with Gasteiger partial charge in [-0.2, -0.15) is 0 Å². The molecule has 0 aliphatic rings. The molecular weight excluding hydrogens is 266 g/mol. The molecule has 0 saturated heterocycles. The molecule has 1 aromatic rings. The monoisotopic (exact) mass is 283 g/mol. The van der Waals surface area contributed by atoms with Crippen LogP contribution in [0.1, 0.15) is 31.7 Å². The normalized spacial score (nSPS) is 10.2. The summed E-state index contributed by atoms with van der Waals surface area (Å²) in [6, 6.07) is 8.07. The van der Waals surface area contributed by atoms with Gasteiger partial charge in [0.1, 0.15) is 0 Å². The van der Waals surface area contributed by atoms with Gasteiger partial charge >= 0.3 is 0 Å². The second-order valence-electron chi connectivity index (χ2n) is 3.98. The summed E-state index contributed by atoms with van der Waals surface area (Å²) in [5.41, 5.74) is 1.16. The largest absolute Gasteiger partial charge is 0.341 e. The summed E-state index contributed by atoms with van der Waals surface area (Å²) in [4.78, 5) is 13.5. The lowest BCUT2D eigenvalue weighted by atomic mass is 10.2. The van der Waals surface area contributed by atoms with Crippen LogP contribution in [-0.2, 0) is 11.3 Å². The van der Waals surface area contributed by atoms with Crippen LogP contribution in [0.15, 0.2) is 28.7 Å². The maximum Gasteiger partial charge on any atom is 0.222 e. The Bertz CT molecular complexity index is 334. The third kappa shape index (κ3) is 4.35. The van der Waals surface area contributed by atoms with E-state index in [2.05, 4.69) is 22.9 Å². The van der Waals surface area contributed by atoms with E-state index < -0.39 is 0 Å². The summed E-state index contributed by atoms with van der Waals surface area (Å²) in [7, 11) is 1.86. The Hall–Kier alpha value is -0.830. The quantitative estimate of drug-likeness (QED) is 0.809. The molecule has 2 nitrogen and oxygen atoms in total. The highest BCUT2D eigenvalue weighted by molar-refractivity contribution is 9.10. The predicted molar refractivity (Wildman–Crippen MR) is 70.1 cm³/mol. The molecule has 0 bridgehead atoms. The number of carbonyl (C=O) groups excluding carboxylic acids is 1. The fourth-order valence-corrected chi connectivity index (χ4v) is 1.74. The Kier molecular flexibility index (Phi) is 5.53. The van der Waals surface area contributed by atoms with Gasteiger partial charge in [-0.25, -0.2) is 0 Å². The number of amides is 1. The zero-order valence-electron chi connectivity index (χ0n) is 9.87. The maximum atomic E-state index is 11.7. The molecule has 1 amide bonds. The Morgan fingerprint density at radius 1 is 1.31 bits per heavy atom. The van der Waals surface area contributed by atoms with Gasteiger partial charge in [-0.3, -0.25) is 4.79 Å². The first-order valence-corrected chi connectivity index (χ1v) is 6.41. The van der Waals surface area contributed by atoms with Crippen molar-refractivity contribution in [3.8, 4) is 0 Å². The van der Waals surface area contributed by atoms with Crippen LogP contribution in [-0.4, -0.2) is 17.9 Å². The van der Waals surface area contributed by atoms with Gasteiger partial charge in [-0.15, -0.1) is 0 Å². The van der Waals surface area contributed by atoms with Crippen LogP contribution in [0.3, 0.4) is 0 Å². The molecule has 0 heterocycles. The number of benzene rings is 1. The lowest BCUT2D eigenvalue weighted by molar-refractivity contribution is -0.130. The van der Waals surface area contributed by atoms with Gasteiger partial charge in [-0.1, -0.05) is 41.4 Å². The van der Waals surface area contributed by atoms with Gasteiger partial charge in [0.25, 0.3) is 0 Å². The number of nitrogens with zero attached hydrogens (tertiary/aromatic N) is 1. The van der Waals surface area contributed by atoms with Crippen LogP contribution in [0.2, 0.25) is 0 Å². The second kappa shape index (κ2) is 6.69.